The molecule has 0 spiro atoms. The van der Waals surface area contributed by atoms with E-state index in [9.17, 15) is 18.3 Å². The molecule has 2 aliphatic heterocycles. The number of ether oxygens (including phenoxy) is 1. The van der Waals surface area contributed by atoms with Gasteiger partial charge in [-0.25, -0.2) is 0 Å². The Hall–Kier alpha value is -1.51. The van der Waals surface area contributed by atoms with Crippen LogP contribution in [0.15, 0.2) is 18.2 Å². The molecule has 8 heteroatoms. The number of aliphatic hydroxyl groups excluding tert-OH is 1. The van der Waals surface area contributed by atoms with Gasteiger partial charge in [-0.05, 0) is 56.9 Å². The van der Waals surface area contributed by atoms with Gasteiger partial charge >= 0.3 is 6.18 Å². The monoisotopic (exact) mass is 401 g/mol. The average molecular weight is 401 g/mol. The minimum absolute atomic E-state index is 0.0956. The Morgan fingerprint density at radius 2 is 2.07 bits per heavy atom. The number of anilines is 1. The van der Waals surface area contributed by atoms with Crippen molar-refractivity contribution in [1.82, 2.24) is 10.2 Å². The van der Waals surface area contributed by atoms with Crippen molar-refractivity contribution in [2.24, 2.45) is 5.92 Å². The van der Waals surface area contributed by atoms with Crippen LogP contribution < -0.4 is 15.4 Å². The highest BCUT2D eigenvalue weighted by Gasteiger charge is 2.29. The zero-order chi connectivity index (χ0) is 20.0. The summed E-state index contributed by atoms with van der Waals surface area (Å²) in [6, 6.07) is 5.90. The normalized spacial score (nSPS) is 19.3. The summed E-state index contributed by atoms with van der Waals surface area (Å²) in [5, 5.41) is 16.7. The highest BCUT2D eigenvalue weighted by Crippen LogP contribution is 2.30. The zero-order valence-electron chi connectivity index (χ0n) is 16.1. The lowest BCUT2D eigenvalue weighted by Crippen LogP contribution is -2.40. The fourth-order valence-corrected chi connectivity index (χ4v) is 3.84. The van der Waals surface area contributed by atoms with E-state index >= 15 is 0 Å². The molecule has 0 amide bonds. The SMILES string of the molecule is O[C@H](CNCC1CCN(CCC(F)(F)F)CC1)COc1cccc2c1CCN2. The lowest BCUT2D eigenvalue weighted by molar-refractivity contribution is -0.138. The molecule has 0 unspecified atom stereocenters. The first-order chi connectivity index (χ1) is 13.4. The minimum atomic E-state index is -4.08. The van der Waals surface area contributed by atoms with Gasteiger partial charge in [0.15, 0.2) is 0 Å². The Kier molecular flexibility index (Phi) is 7.42. The molecule has 1 aromatic carbocycles. The third-order valence-electron chi connectivity index (χ3n) is 5.49. The van der Waals surface area contributed by atoms with Crippen molar-refractivity contribution in [2.75, 3.05) is 51.2 Å². The van der Waals surface area contributed by atoms with Gasteiger partial charge in [-0.15, -0.1) is 0 Å². The largest absolute Gasteiger partial charge is 0.490 e. The number of hydrogen-bond donors (Lipinski definition) is 3. The molecule has 0 saturated carbocycles. The second-order valence-electron chi connectivity index (χ2n) is 7.73. The Bertz CT molecular complexity index is 619. The molecule has 0 aliphatic carbocycles. The van der Waals surface area contributed by atoms with E-state index in [-0.39, 0.29) is 13.2 Å². The van der Waals surface area contributed by atoms with Crippen LogP contribution in [0.5, 0.6) is 5.75 Å². The summed E-state index contributed by atoms with van der Waals surface area (Å²) in [5.41, 5.74) is 2.27. The highest BCUT2D eigenvalue weighted by molar-refractivity contribution is 5.61. The summed E-state index contributed by atoms with van der Waals surface area (Å²) in [4.78, 5) is 1.89. The van der Waals surface area contributed by atoms with Gasteiger partial charge in [0, 0.05) is 30.9 Å². The van der Waals surface area contributed by atoms with Gasteiger partial charge in [0.25, 0.3) is 0 Å². The van der Waals surface area contributed by atoms with Gasteiger partial charge in [0.05, 0.1) is 6.42 Å². The average Bonchev–Trinajstić information content (AvgIpc) is 3.14. The summed E-state index contributed by atoms with van der Waals surface area (Å²) >= 11 is 0. The van der Waals surface area contributed by atoms with Crippen molar-refractivity contribution in [3.05, 3.63) is 23.8 Å². The molecule has 0 radical (unpaired) electrons. The summed E-state index contributed by atoms with van der Waals surface area (Å²) in [7, 11) is 0. The second-order valence-corrected chi connectivity index (χ2v) is 7.73. The van der Waals surface area contributed by atoms with Gasteiger partial charge in [-0.1, -0.05) is 6.07 Å². The molecule has 0 aromatic heterocycles. The predicted octanol–water partition coefficient (Wildman–Crippen LogP) is 2.65. The molecule has 2 heterocycles. The molecule has 1 saturated heterocycles. The number of nitrogens with zero attached hydrogens (tertiary/aromatic N) is 1. The molecule has 5 nitrogen and oxygen atoms in total. The van der Waals surface area contributed by atoms with Crippen LogP contribution >= 0.6 is 0 Å². The van der Waals surface area contributed by atoms with Crippen molar-refractivity contribution < 1.29 is 23.0 Å². The lowest BCUT2D eigenvalue weighted by atomic mass is 9.96. The summed E-state index contributed by atoms with van der Waals surface area (Å²) < 4.78 is 42.7. The first-order valence-corrected chi connectivity index (χ1v) is 10.1. The number of piperidine rings is 1. The van der Waals surface area contributed by atoms with E-state index in [1.165, 1.54) is 5.56 Å². The van der Waals surface area contributed by atoms with Crippen molar-refractivity contribution in [3.63, 3.8) is 0 Å². The molecule has 3 N–H and O–H groups in total. The number of rotatable bonds is 9. The fraction of sp³-hybridized carbons (Fsp3) is 0.700. The van der Waals surface area contributed by atoms with E-state index in [1.807, 2.05) is 23.1 Å². The molecule has 0 bridgehead atoms. The molecule has 158 valence electrons. The minimum Gasteiger partial charge on any atom is -0.490 e. The summed E-state index contributed by atoms with van der Waals surface area (Å²) in [6.45, 7) is 3.88. The maximum Gasteiger partial charge on any atom is 0.390 e. The number of alkyl halides is 3. The maximum atomic E-state index is 12.3. The smallest absolute Gasteiger partial charge is 0.390 e. The lowest BCUT2D eigenvalue weighted by Gasteiger charge is -2.32. The molecule has 28 heavy (non-hydrogen) atoms. The van der Waals surface area contributed by atoms with Crippen LogP contribution in [-0.2, 0) is 6.42 Å². The number of fused-ring (bicyclic) bond motifs is 1. The Morgan fingerprint density at radius 1 is 1.29 bits per heavy atom. The number of aliphatic hydroxyl groups is 1. The van der Waals surface area contributed by atoms with Crippen molar-refractivity contribution in [1.29, 1.82) is 0 Å². The van der Waals surface area contributed by atoms with E-state index in [0.29, 0.717) is 25.6 Å². The van der Waals surface area contributed by atoms with Crippen LogP contribution in [0.3, 0.4) is 0 Å². The van der Waals surface area contributed by atoms with Crippen LogP contribution in [0.25, 0.3) is 0 Å². The Labute approximate surface area is 164 Å². The second kappa shape index (κ2) is 9.80. The highest BCUT2D eigenvalue weighted by atomic mass is 19.4. The van der Waals surface area contributed by atoms with Gasteiger partial charge in [0.1, 0.15) is 18.5 Å². The number of benzene rings is 1. The predicted molar refractivity (Wildman–Crippen MR) is 103 cm³/mol. The zero-order valence-corrected chi connectivity index (χ0v) is 16.1. The van der Waals surface area contributed by atoms with Gasteiger partial charge in [-0.2, -0.15) is 13.2 Å². The van der Waals surface area contributed by atoms with Crippen LogP contribution in [0.2, 0.25) is 0 Å². The molecule has 1 atom stereocenters. The summed E-state index contributed by atoms with van der Waals surface area (Å²) in [6.07, 6.45) is -2.70. The number of likely N-dealkylation sites (tertiary alicyclic amines) is 1. The third-order valence-corrected chi connectivity index (χ3v) is 5.49. The van der Waals surface area contributed by atoms with Crippen molar-refractivity contribution >= 4 is 5.69 Å². The standard InChI is InChI=1S/C20H30F3N3O2/c21-20(22,23)7-11-26-9-5-15(6-10-26)12-24-13-16(27)14-28-19-3-1-2-18-17(19)4-8-25-18/h1-3,15-16,24-25,27H,4-14H2/t16-/m1/s1. The molecular weight excluding hydrogens is 371 g/mol. The Balaban J connectivity index is 1.28. The quantitative estimate of drug-likeness (QED) is 0.594. The van der Waals surface area contributed by atoms with Gasteiger partial charge < -0.3 is 25.4 Å². The van der Waals surface area contributed by atoms with E-state index in [1.54, 1.807) is 0 Å². The molecule has 3 rings (SSSR count). The fourth-order valence-electron chi connectivity index (χ4n) is 3.84. The van der Waals surface area contributed by atoms with Crippen LogP contribution in [-0.4, -0.2) is 68.2 Å². The van der Waals surface area contributed by atoms with Gasteiger partial charge in [-0.3, -0.25) is 0 Å². The first kappa shape index (κ1) is 21.2. The molecule has 2 aliphatic rings. The van der Waals surface area contributed by atoms with Crippen LogP contribution in [0, 0.1) is 5.92 Å². The van der Waals surface area contributed by atoms with E-state index < -0.39 is 18.7 Å². The maximum absolute atomic E-state index is 12.3. The van der Waals surface area contributed by atoms with Crippen molar-refractivity contribution in [2.45, 2.75) is 38.0 Å². The summed E-state index contributed by atoms with van der Waals surface area (Å²) in [5.74, 6) is 1.27. The number of halogens is 3. The van der Waals surface area contributed by atoms with E-state index in [4.69, 9.17) is 4.74 Å². The molecule has 1 fully saturated rings. The van der Waals surface area contributed by atoms with Crippen LogP contribution in [0.1, 0.15) is 24.8 Å². The molecular formula is C20H30F3N3O2. The number of hydrogen-bond acceptors (Lipinski definition) is 5. The Morgan fingerprint density at radius 3 is 2.82 bits per heavy atom. The number of nitrogens with one attached hydrogen (secondary N) is 2. The first-order valence-electron chi connectivity index (χ1n) is 10.1. The van der Waals surface area contributed by atoms with E-state index in [2.05, 4.69) is 10.6 Å². The third kappa shape index (κ3) is 6.53. The van der Waals surface area contributed by atoms with Crippen LogP contribution in [0.4, 0.5) is 18.9 Å². The van der Waals surface area contributed by atoms with Crippen molar-refractivity contribution in [3.8, 4) is 5.75 Å². The topological polar surface area (TPSA) is 56.8 Å². The molecule has 1 aromatic rings. The van der Waals surface area contributed by atoms with Gasteiger partial charge in [0.2, 0.25) is 0 Å². The van der Waals surface area contributed by atoms with E-state index in [0.717, 1.165) is 43.8 Å².